The highest BCUT2D eigenvalue weighted by atomic mass is 19.1. The smallest absolute Gasteiger partial charge is 0.109 e. The second-order valence-corrected chi connectivity index (χ2v) is 3.55. The maximum atomic E-state index is 13.3. The minimum absolute atomic E-state index is 0.418. The highest BCUT2D eigenvalue weighted by Gasteiger charge is 2.22. The molecule has 0 saturated carbocycles. The minimum Gasteiger partial charge on any atom is -0.330 e. The van der Waals surface area contributed by atoms with Crippen LogP contribution in [-0.4, -0.2) is 12.2 Å². The van der Waals surface area contributed by atoms with E-state index in [2.05, 4.69) is 0 Å². The van der Waals surface area contributed by atoms with E-state index in [0.29, 0.717) is 25.3 Å². The standard InChI is InChI=1S/C8H18FN/c1-7(2)6-8(3,9)4-5-10/h7H,4-6,10H2,1-3H3. The van der Waals surface area contributed by atoms with Crippen molar-refractivity contribution < 1.29 is 4.39 Å². The van der Waals surface area contributed by atoms with Crippen LogP contribution in [0.2, 0.25) is 0 Å². The van der Waals surface area contributed by atoms with Gasteiger partial charge in [-0.05, 0) is 32.2 Å². The first-order valence-corrected chi connectivity index (χ1v) is 3.87. The number of hydrogen-bond donors (Lipinski definition) is 1. The van der Waals surface area contributed by atoms with Crippen LogP contribution in [0.15, 0.2) is 0 Å². The van der Waals surface area contributed by atoms with Gasteiger partial charge in [-0.3, -0.25) is 0 Å². The molecule has 0 radical (unpaired) electrons. The van der Waals surface area contributed by atoms with Crippen molar-refractivity contribution >= 4 is 0 Å². The fourth-order valence-electron chi connectivity index (χ4n) is 1.25. The SMILES string of the molecule is CC(C)CC(C)(F)CCN. The van der Waals surface area contributed by atoms with Gasteiger partial charge in [-0.1, -0.05) is 13.8 Å². The largest absolute Gasteiger partial charge is 0.330 e. The number of rotatable bonds is 4. The van der Waals surface area contributed by atoms with Crippen LogP contribution < -0.4 is 5.73 Å². The second kappa shape index (κ2) is 3.91. The van der Waals surface area contributed by atoms with Crippen molar-refractivity contribution in [2.24, 2.45) is 11.7 Å². The molecule has 0 spiro atoms. The van der Waals surface area contributed by atoms with Gasteiger partial charge in [-0.15, -0.1) is 0 Å². The fourth-order valence-corrected chi connectivity index (χ4v) is 1.25. The zero-order valence-corrected chi connectivity index (χ0v) is 7.15. The van der Waals surface area contributed by atoms with Crippen molar-refractivity contribution in [2.75, 3.05) is 6.54 Å². The first-order valence-electron chi connectivity index (χ1n) is 3.87. The quantitative estimate of drug-likeness (QED) is 0.647. The van der Waals surface area contributed by atoms with Gasteiger partial charge in [0, 0.05) is 0 Å². The van der Waals surface area contributed by atoms with Gasteiger partial charge in [0.25, 0.3) is 0 Å². The summed E-state index contributed by atoms with van der Waals surface area (Å²) in [6, 6.07) is 0. The second-order valence-electron chi connectivity index (χ2n) is 3.55. The average molecular weight is 147 g/mol. The number of alkyl halides is 1. The molecule has 2 N–H and O–H groups in total. The first kappa shape index (κ1) is 9.89. The van der Waals surface area contributed by atoms with Crippen molar-refractivity contribution in [3.8, 4) is 0 Å². The number of halogens is 1. The molecule has 0 aliphatic carbocycles. The predicted octanol–water partition coefficient (Wildman–Crippen LogP) is 2.11. The Bertz CT molecular complexity index is 89.3. The maximum Gasteiger partial charge on any atom is 0.109 e. The number of hydrogen-bond acceptors (Lipinski definition) is 1. The van der Waals surface area contributed by atoms with E-state index in [1.165, 1.54) is 0 Å². The van der Waals surface area contributed by atoms with Gasteiger partial charge in [0.15, 0.2) is 0 Å². The van der Waals surface area contributed by atoms with Crippen LogP contribution in [0.3, 0.4) is 0 Å². The van der Waals surface area contributed by atoms with E-state index in [9.17, 15) is 4.39 Å². The number of nitrogens with two attached hydrogens (primary N) is 1. The summed E-state index contributed by atoms with van der Waals surface area (Å²) in [7, 11) is 0. The summed E-state index contributed by atoms with van der Waals surface area (Å²) in [6.07, 6.45) is 1.09. The average Bonchev–Trinajstić information content (AvgIpc) is 1.59. The Balaban J connectivity index is 3.63. The molecular formula is C8H18FN. The van der Waals surface area contributed by atoms with E-state index in [1.807, 2.05) is 13.8 Å². The van der Waals surface area contributed by atoms with Crippen LogP contribution in [-0.2, 0) is 0 Å². The molecule has 0 aliphatic rings. The van der Waals surface area contributed by atoms with Crippen molar-refractivity contribution in [1.82, 2.24) is 0 Å². The Morgan fingerprint density at radius 1 is 1.50 bits per heavy atom. The van der Waals surface area contributed by atoms with E-state index < -0.39 is 5.67 Å². The van der Waals surface area contributed by atoms with E-state index in [4.69, 9.17) is 5.73 Å². The van der Waals surface area contributed by atoms with Gasteiger partial charge in [-0.2, -0.15) is 0 Å². The summed E-state index contributed by atoms with van der Waals surface area (Å²) in [4.78, 5) is 0. The summed E-state index contributed by atoms with van der Waals surface area (Å²) in [6.45, 7) is 6.11. The van der Waals surface area contributed by atoms with Gasteiger partial charge in [0.1, 0.15) is 5.67 Å². The van der Waals surface area contributed by atoms with Gasteiger partial charge >= 0.3 is 0 Å². The third kappa shape index (κ3) is 4.74. The highest BCUT2D eigenvalue weighted by Crippen LogP contribution is 2.23. The molecule has 0 aliphatic heterocycles. The van der Waals surface area contributed by atoms with Crippen molar-refractivity contribution in [3.05, 3.63) is 0 Å². The van der Waals surface area contributed by atoms with E-state index in [0.717, 1.165) is 0 Å². The Kier molecular flexibility index (Phi) is 3.87. The molecule has 62 valence electrons. The molecule has 0 amide bonds. The molecule has 2 heteroatoms. The Labute approximate surface area is 62.8 Å². The maximum absolute atomic E-state index is 13.3. The van der Waals surface area contributed by atoms with Gasteiger partial charge in [0.05, 0.1) is 0 Å². The molecule has 0 saturated heterocycles. The summed E-state index contributed by atoms with van der Waals surface area (Å²) in [5.41, 5.74) is 4.20. The topological polar surface area (TPSA) is 26.0 Å². The Morgan fingerprint density at radius 3 is 2.30 bits per heavy atom. The summed E-state index contributed by atoms with van der Waals surface area (Å²) >= 11 is 0. The molecule has 0 rings (SSSR count). The van der Waals surface area contributed by atoms with Gasteiger partial charge in [0.2, 0.25) is 0 Å². The van der Waals surface area contributed by atoms with E-state index >= 15 is 0 Å². The lowest BCUT2D eigenvalue weighted by Crippen LogP contribution is -2.24. The van der Waals surface area contributed by atoms with Crippen molar-refractivity contribution in [1.29, 1.82) is 0 Å². The zero-order valence-electron chi connectivity index (χ0n) is 7.15. The lowest BCUT2D eigenvalue weighted by atomic mass is 9.93. The van der Waals surface area contributed by atoms with Crippen LogP contribution in [0.1, 0.15) is 33.6 Å². The summed E-state index contributed by atoms with van der Waals surface area (Å²) in [5.74, 6) is 0.418. The van der Waals surface area contributed by atoms with Crippen LogP contribution in [0.5, 0.6) is 0 Å². The van der Waals surface area contributed by atoms with Crippen LogP contribution in [0.4, 0.5) is 4.39 Å². The monoisotopic (exact) mass is 147 g/mol. The molecule has 0 aromatic rings. The van der Waals surface area contributed by atoms with Crippen LogP contribution in [0.25, 0.3) is 0 Å². The Morgan fingerprint density at radius 2 is 2.00 bits per heavy atom. The molecule has 1 atom stereocenters. The van der Waals surface area contributed by atoms with Crippen LogP contribution >= 0.6 is 0 Å². The lowest BCUT2D eigenvalue weighted by Gasteiger charge is -2.21. The summed E-state index contributed by atoms with van der Waals surface area (Å²) < 4.78 is 13.3. The van der Waals surface area contributed by atoms with Gasteiger partial charge in [-0.25, -0.2) is 4.39 Å². The molecule has 0 aromatic heterocycles. The van der Waals surface area contributed by atoms with Crippen molar-refractivity contribution in [2.45, 2.75) is 39.3 Å². The molecule has 0 fully saturated rings. The minimum atomic E-state index is -1.05. The van der Waals surface area contributed by atoms with E-state index in [1.54, 1.807) is 6.92 Å². The van der Waals surface area contributed by atoms with Gasteiger partial charge < -0.3 is 5.73 Å². The van der Waals surface area contributed by atoms with Crippen LogP contribution in [0, 0.1) is 5.92 Å². The molecule has 0 bridgehead atoms. The van der Waals surface area contributed by atoms with E-state index in [-0.39, 0.29) is 0 Å². The van der Waals surface area contributed by atoms with Crippen molar-refractivity contribution in [3.63, 3.8) is 0 Å². The third-order valence-corrected chi connectivity index (χ3v) is 1.50. The molecule has 1 nitrogen and oxygen atoms in total. The highest BCUT2D eigenvalue weighted by molar-refractivity contribution is 4.74. The third-order valence-electron chi connectivity index (χ3n) is 1.50. The first-order chi connectivity index (χ1) is 4.48. The molecule has 10 heavy (non-hydrogen) atoms. The lowest BCUT2D eigenvalue weighted by molar-refractivity contribution is 0.144. The fraction of sp³-hybridized carbons (Fsp3) is 1.00. The molecular weight excluding hydrogens is 129 g/mol. The Hall–Kier alpha value is -0.110. The zero-order chi connectivity index (χ0) is 8.20. The normalized spacial score (nSPS) is 17.4. The molecule has 1 unspecified atom stereocenters. The molecule has 0 aromatic carbocycles. The predicted molar refractivity (Wildman–Crippen MR) is 42.6 cm³/mol. The summed E-state index contributed by atoms with van der Waals surface area (Å²) in [5, 5.41) is 0. The molecule has 0 heterocycles.